The number of hydrogen-bond acceptors (Lipinski definition) is 10. The molecule has 42 heavy (non-hydrogen) atoms. The van der Waals surface area contributed by atoms with Crippen LogP contribution in [0.2, 0.25) is 0 Å². The smallest absolute Gasteiger partial charge is 0.741 e. The fraction of sp³-hybridized carbons (Fsp3) is 0.545. The molecule has 11 nitrogen and oxygen atoms in total. The van der Waals surface area contributed by atoms with Crippen molar-refractivity contribution in [1.82, 2.24) is 20.6 Å². The summed E-state index contributed by atoms with van der Waals surface area (Å²) in [4.78, 5) is 8.97. The zero-order valence-electron chi connectivity index (χ0n) is 22.1. The average Bonchev–Trinajstić information content (AvgIpc) is 2.84. The van der Waals surface area contributed by atoms with Gasteiger partial charge < -0.3 is 25.2 Å². The number of halogens is 6. The van der Waals surface area contributed by atoms with Crippen LogP contribution in [-0.2, 0) is 42.8 Å². The molecular formula is C22H31F6MnN4O7S2+. The van der Waals surface area contributed by atoms with Gasteiger partial charge in [0.2, 0.25) is 0 Å². The normalized spacial score (nSPS) is 18.8. The fourth-order valence-corrected chi connectivity index (χ4v) is 3.61. The van der Waals surface area contributed by atoms with Gasteiger partial charge in [0.05, 0.1) is 11.4 Å². The molecule has 0 saturated heterocycles. The van der Waals surface area contributed by atoms with Gasteiger partial charge in [-0.3, -0.25) is 9.97 Å². The van der Waals surface area contributed by atoms with Gasteiger partial charge in [-0.15, -0.1) is 0 Å². The molecule has 0 aliphatic heterocycles. The Morgan fingerprint density at radius 2 is 1.02 bits per heavy atom. The van der Waals surface area contributed by atoms with Crippen molar-refractivity contribution in [1.29, 1.82) is 0 Å². The third-order valence-corrected chi connectivity index (χ3v) is 6.66. The first-order valence-electron chi connectivity index (χ1n) is 11.6. The van der Waals surface area contributed by atoms with E-state index < -0.39 is 31.3 Å². The zero-order chi connectivity index (χ0) is 30.8. The van der Waals surface area contributed by atoms with Crippen LogP contribution in [-0.4, -0.2) is 59.0 Å². The molecule has 1 aliphatic rings. The minimum atomic E-state index is -6.09. The van der Waals surface area contributed by atoms with E-state index in [2.05, 4.69) is 58.7 Å². The van der Waals surface area contributed by atoms with Crippen molar-refractivity contribution in [3.8, 4) is 0 Å². The van der Waals surface area contributed by atoms with Gasteiger partial charge in [-0.05, 0) is 51.0 Å². The van der Waals surface area contributed by atoms with Crippen LogP contribution in [0.5, 0.6) is 0 Å². The predicted molar refractivity (Wildman–Crippen MR) is 134 cm³/mol. The van der Waals surface area contributed by atoms with Crippen molar-refractivity contribution in [3.05, 3.63) is 60.2 Å². The van der Waals surface area contributed by atoms with Crippen LogP contribution in [0, 0.1) is 0 Å². The van der Waals surface area contributed by atoms with E-state index in [0.29, 0.717) is 12.1 Å². The number of hydrogen-bond donors (Lipinski definition) is 2. The molecule has 4 atom stereocenters. The second-order valence-corrected chi connectivity index (χ2v) is 11.3. The first-order valence-corrected chi connectivity index (χ1v) is 14.4. The summed E-state index contributed by atoms with van der Waals surface area (Å²) >= 11 is 0. The predicted octanol–water partition coefficient (Wildman–Crippen LogP) is 2.97. The number of rotatable bonds is 6. The number of aromatic nitrogens is 2. The van der Waals surface area contributed by atoms with Gasteiger partial charge in [-0.1, -0.05) is 25.0 Å². The summed E-state index contributed by atoms with van der Waals surface area (Å²) in [5.74, 6) is 0. The van der Waals surface area contributed by atoms with E-state index >= 15 is 0 Å². The van der Waals surface area contributed by atoms with E-state index in [9.17, 15) is 26.3 Å². The van der Waals surface area contributed by atoms with Crippen LogP contribution in [0.25, 0.3) is 0 Å². The second kappa shape index (κ2) is 18.0. The molecule has 0 amide bonds. The van der Waals surface area contributed by atoms with Crippen molar-refractivity contribution >= 4 is 20.2 Å². The van der Waals surface area contributed by atoms with Crippen LogP contribution in [0.4, 0.5) is 26.3 Å². The van der Waals surface area contributed by atoms with Crippen molar-refractivity contribution in [3.63, 3.8) is 0 Å². The first-order chi connectivity index (χ1) is 18.2. The molecule has 20 heteroatoms. The van der Waals surface area contributed by atoms with Gasteiger partial charge >= 0.3 is 28.1 Å². The van der Waals surface area contributed by atoms with Crippen molar-refractivity contribution < 1.29 is 74.8 Å². The molecule has 0 unspecified atom stereocenters. The molecule has 5 N–H and O–H groups in total. The van der Waals surface area contributed by atoms with Crippen LogP contribution >= 0.6 is 0 Å². The molecule has 241 valence electrons. The number of nitrogens with zero attached hydrogens (tertiary/aromatic N) is 2. The summed E-state index contributed by atoms with van der Waals surface area (Å²) < 4.78 is 118. The maximum absolute atomic E-state index is 10.7. The van der Waals surface area contributed by atoms with E-state index in [4.69, 9.17) is 25.9 Å². The summed E-state index contributed by atoms with van der Waals surface area (Å²) in [6.45, 7) is 4.41. The average molecular weight is 697 g/mol. The molecular weight excluding hydrogens is 665 g/mol. The standard InChI is InChI=1S/C20H28N4.2CHF3O3S.Mn.H2O/c1-15(17-9-5-7-13-21-17)23-19-11-3-4-12-20(19)24-16(2)18-10-6-8-14-22-18;2*2-1(3,4)8(5,6)7;;/h5-10,13-16,19-20,23-24H,3-4,11-12H2,1-2H3;2*(H,5,6,7);;1H2/q;;;+2;/p-1/t15-,16+,19-,20-;;;;/m1..../s1. The molecule has 3 rings (SSSR count). The first kappa shape index (κ1) is 42.2. The molecule has 0 aromatic carbocycles. The van der Waals surface area contributed by atoms with E-state index in [0.717, 1.165) is 11.4 Å². The summed E-state index contributed by atoms with van der Waals surface area (Å²) in [5, 5.41) is 7.59. The molecule has 0 bridgehead atoms. The molecule has 2 heterocycles. The minimum Gasteiger partial charge on any atom is -0.741 e. The van der Waals surface area contributed by atoms with Crippen LogP contribution in [0.1, 0.15) is 63.0 Å². The Hall–Kier alpha value is -1.90. The van der Waals surface area contributed by atoms with Crippen molar-refractivity contribution in [2.45, 2.75) is 74.7 Å². The summed E-state index contributed by atoms with van der Waals surface area (Å²) in [6, 6.07) is 13.7. The van der Waals surface area contributed by atoms with Gasteiger partial charge in [0.25, 0.3) is 0 Å². The van der Waals surface area contributed by atoms with Crippen molar-refractivity contribution in [2.24, 2.45) is 0 Å². The van der Waals surface area contributed by atoms with Crippen LogP contribution < -0.4 is 10.6 Å². The number of nitrogens with one attached hydrogen (secondary N) is 2. The zero-order valence-corrected chi connectivity index (χ0v) is 25.0. The minimum absolute atomic E-state index is 0. The molecule has 2 aromatic rings. The number of pyridine rings is 2. The van der Waals surface area contributed by atoms with E-state index in [-0.39, 0.29) is 34.6 Å². The van der Waals surface area contributed by atoms with Gasteiger partial charge in [0.15, 0.2) is 20.2 Å². The molecule has 0 spiro atoms. The van der Waals surface area contributed by atoms with E-state index in [1.54, 1.807) is 0 Å². The molecule has 1 fully saturated rings. The molecule has 1 aliphatic carbocycles. The Morgan fingerprint density at radius 3 is 1.24 bits per heavy atom. The number of alkyl halides is 6. The molecule has 1 saturated carbocycles. The monoisotopic (exact) mass is 696 g/mol. The Kier molecular flexibility index (Phi) is 18.1. The van der Waals surface area contributed by atoms with E-state index in [1.807, 2.05) is 24.5 Å². The maximum atomic E-state index is 10.7. The fourth-order valence-electron chi connectivity index (χ4n) is 3.61. The summed E-state index contributed by atoms with van der Waals surface area (Å²) in [7, 11) is -12.2. The Labute approximate surface area is 250 Å². The molecule has 2 aromatic heterocycles. The third-order valence-electron chi connectivity index (χ3n) is 5.52. The van der Waals surface area contributed by atoms with Crippen molar-refractivity contribution in [2.75, 3.05) is 0 Å². The van der Waals surface area contributed by atoms with Crippen LogP contribution in [0.3, 0.4) is 0 Å². The Balaban J connectivity index is 0. The van der Waals surface area contributed by atoms with E-state index in [1.165, 1.54) is 25.7 Å². The summed E-state index contributed by atoms with van der Waals surface area (Å²) in [5.41, 5.74) is -9.07. The largest absolute Gasteiger partial charge is 2.00 e. The molecule has 1 radical (unpaired) electrons. The SMILES string of the molecule is C[C@H](N[C@@H]1CCCC[C@H]1N[C@H](C)c1ccccn1)c1ccccn1.O=S(=O)([O-])C(F)(F)F.O=S(=O)([O-])C(F)(F)F.[Mn+2].[OH3+]. The van der Waals surface area contributed by atoms with Gasteiger partial charge in [-0.25, -0.2) is 16.8 Å². The summed E-state index contributed by atoms with van der Waals surface area (Å²) in [6.07, 6.45) is 8.75. The Morgan fingerprint density at radius 1 is 0.738 bits per heavy atom. The van der Waals surface area contributed by atoms with Gasteiger partial charge in [0, 0.05) is 36.6 Å². The Bertz CT molecular complexity index is 1150. The topological polar surface area (TPSA) is 197 Å². The van der Waals surface area contributed by atoms with Gasteiger partial charge in [-0.2, -0.15) is 26.3 Å². The third kappa shape index (κ3) is 15.0. The maximum Gasteiger partial charge on any atom is 2.00 e. The van der Waals surface area contributed by atoms with Gasteiger partial charge in [0.1, 0.15) is 0 Å². The quantitative estimate of drug-likeness (QED) is 0.149. The van der Waals surface area contributed by atoms with Crippen LogP contribution in [0.15, 0.2) is 48.8 Å². The second-order valence-electron chi connectivity index (χ2n) is 8.58.